The summed E-state index contributed by atoms with van der Waals surface area (Å²) in [4.78, 5) is -0.577. The number of benzene rings is 2. The van der Waals surface area contributed by atoms with Crippen molar-refractivity contribution in [2.24, 2.45) is 0 Å². The molecule has 0 heterocycles. The van der Waals surface area contributed by atoms with Crippen LogP contribution in [-0.2, 0) is 20.2 Å². The normalized spacial score (nSPS) is 12.6. The van der Waals surface area contributed by atoms with Gasteiger partial charge in [0.15, 0.2) is 0 Å². The second kappa shape index (κ2) is 6.29. The predicted molar refractivity (Wildman–Crippen MR) is 89.5 cm³/mol. The standard InChI is InChI=1S/C16H18O6S2/c1-10-4-6-15(23(17,18)19)13(8-10)12(3)14-9-11(2)5-7-16(14)24(20,21)22/h4-9,12H,1-3H3,(H,17,18,19)(H,20,21,22). The van der Waals surface area contributed by atoms with Crippen LogP contribution in [0.4, 0.5) is 0 Å². The Labute approximate surface area is 141 Å². The van der Waals surface area contributed by atoms with Gasteiger partial charge < -0.3 is 0 Å². The van der Waals surface area contributed by atoms with Gasteiger partial charge in [-0.1, -0.05) is 42.3 Å². The second-order valence-corrected chi connectivity index (χ2v) is 8.53. The molecule has 0 saturated carbocycles. The molecule has 0 atom stereocenters. The molecular weight excluding hydrogens is 352 g/mol. The monoisotopic (exact) mass is 370 g/mol. The molecule has 0 bridgehead atoms. The second-order valence-electron chi connectivity index (χ2n) is 5.75. The van der Waals surface area contributed by atoms with E-state index < -0.39 is 26.2 Å². The largest absolute Gasteiger partial charge is 0.294 e. The Hall–Kier alpha value is -1.74. The summed E-state index contributed by atoms with van der Waals surface area (Å²) in [5.74, 6) is -0.682. The molecule has 24 heavy (non-hydrogen) atoms. The average molecular weight is 370 g/mol. The van der Waals surface area contributed by atoms with Gasteiger partial charge in [-0.05, 0) is 37.1 Å². The van der Waals surface area contributed by atoms with Crippen LogP contribution >= 0.6 is 0 Å². The highest BCUT2D eigenvalue weighted by atomic mass is 32.2. The number of hydrogen-bond acceptors (Lipinski definition) is 4. The molecule has 2 aromatic rings. The van der Waals surface area contributed by atoms with Gasteiger partial charge in [-0.25, -0.2) is 0 Å². The van der Waals surface area contributed by atoms with Crippen molar-refractivity contribution in [3.05, 3.63) is 58.7 Å². The molecule has 0 aliphatic heterocycles. The lowest BCUT2D eigenvalue weighted by Crippen LogP contribution is -2.11. The highest BCUT2D eigenvalue weighted by Gasteiger charge is 2.25. The van der Waals surface area contributed by atoms with Crippen LogP contribution in [-0.4, -0.2) is 25.9 Å². The summed E-state index contributed by atoms with van der Waals surface area (Å²) in [6, 6.07) is 8.78. The highest BCUT2D eigenvalue weighted by molar-refractivity contribution is 7.86. The maximum absolute atomic E-state index is 11.6. The Bertz CT molecular complexity index is 910. The fourth-order valence-corrected chi connectivity index (χ4v) is 4.20. The highest BCUT2D eigenvalue weighted by Crippen LogP contribution is 2.34. The van der Waals surface area contributed by atoms with Gasteiger partial charge in [0.25, 0.3) is 20.2 Å². The minimum absolute atomic E-state index is 0.257. The molecule has 0 unspecified atom stereocenters. The minimum Gasteiger partial charge on any atom is -0.282 e. The molecule has 0 radical (unpaired) electrons. The molecule has 2 rings (SSSR count). The lowest BCUT2D eigenvalue weighted by atomic mass is 9.91. The predicted octanol–water partition coefficient (Wildman–Crippen LogP) is 2.95. The maximum atomic E-state index is 11.6. The number of rotatable bonds is 4. The lowest BCUT2D eigenvalue weighted by molar-refractivity contribution is 0.481. The van der Waals surface area contributed by atoms with E-state index in [1.54, 1.807) is 45.0 Å². The van der Waals surface area contributed by atoms with Crippen LogP contribution in [0.25, 0.3) is 0 Å². The molecule has 130 valence electrons. The van der Waals surface area contributed by atoms with E-state index >= 15 is 0 Å². The van der Waals surface area contributed by atoms with Gasteiger partial charge in [0, 0.05) is 5.92 Å². The summed E-state index contributed by atoms with van der Waals surface area (Å²) in [5, 5.41) is 0. The summed E-state index contributed by atoms with van der Waals surface area (Å²) < 4.78 is 65.4. The van der Waals surface area contributed by atoms with Crippen LogP contribution in [0.1, 0.15) is 35.1 Å². The summed E-state index contributed by atoms with van der Waals surface area (Å²) in [7, 11) is -8.95. The quantitative estimate of drug-likeness (QED) is 0.801. The molecule has 0 spiro atoms. The fourth-order valence-electron chi connectivity index (χ4n) is 2.65. The first-order valence-corrected chi connectivity index (χ1v) is 9.95. The smallest absolute Gasteiger partial charge is 0.282 e. The number of hydrogen-bond donors (Lipinski definition) is 2. The molecule has 0 saturated heterocycles. The zero-order chi connectivity index (χ0) is 18.3. The van der Waals surface area contributed by atoms with E-state index in [0.717, 1.165) is 11.1 Å². The number of aryl methyl sites for hydroxylation is 2. The molecule has 2 N–H and O–H groups in total. The molecule has 0 aromatic heterocycles. The van der Waals surface area contributed by atoms with Gasteiger partial charge in [0.05, 0.1) is 9.79 Å². The first-order chi connectivity index (χ1) is 10.9. The van der Waals surface area contributed by atoms with Crippen molar-refractivity contribution in [2.45, 2.75) is 36.5 Å². The van der Waals surface area contributed by atoms with Crippen molar-refractivity contribution in [1.82, 2.24) is 0 Å². The van der Waals surface area contributed by atoms with Crippen LogP contribution in [0.5, 0.6) is 0 Å². The summed E-state index contributed by atoms with van der Waals surface area (Å²) in [5.41, 5.74) is 2.02. The van der Waals surface area contributed by atoms with Gasteiger partial charge in [-0.2, -0.15) is 16.8 Å². The van der Waals surface area contributed by atoms with Crippen LogP contribution < -0.4 is 0 Å². The third kappa shape index (κ3) is 3.84. The summed E-state index contributed by atoms with van der Waals surface area (Å²) in [6.45, 7) is 5.13. The van der Waals surface area contributed by atoms with Crippen molar-refractivity contribution in [2.75, 3.05) is 0 Å². The van der Waals surface area contributed by atoms with Crippen molar-refractivity contribution >= 4 is 20.2 Å². The van der Waals surface area contributed by atoms with E-state index in [-0.39, 0.29) is 20.9 Å². The van der Waals surface area contributed by atoms with E-state index in [1.807, 2.05) is 0 Å². The summed E-state index contributed by atoms with van der Waals surface area (Å²) >= 11 is 0. The molecular formula is C16H18O6S2. The first kappa shape index (κ1) is 18.6. The van der Waals surface area contributed by atoms with Crippen LogP contribution in [0.3, 0.4) is 0 Å². The van der Waals surface area contributed by atoms with Crippen molar-refractivity contribution in [3.8, 4) is 0 Å². The van der Waals surface area contributed by atoms with Gasteiger partial charge in [0.2, 0.25) is 0 Å². The van der Waals surface area contributed by atoms with E-state index in [1.165, 1.54) is 12.1 Å². The molecule has 0 fully saturated rings. The summed E-state index contributed by atoms with van der Waals surface area (Å²) in [6.07, 6.45) is 0. The first-order valence-electron chi connectivity index (χ1n) is 7.07. The molecule has 0 amide bonds. The van der Waals surface area contributed by atoms with Crippen molar-refractivity contribution in [1.29, 1.82) is 0 Å². The Morgan fingerprint density at radius 1 is 0.750 bits per heavy atom. The third-order valence-corrected chi connectivity index (χ3v) is 5.67. The van der Waals surface area contributed by atoms with E-state index in [4.69, 9.17) is 0 Å². The Kier molecular flexibility index (Phi) is 4.87. The molecule has 0 aliphatic carbocycles. The van der Waals surface area contributed by atoms with Crippen molar-refractivity contribution in [3.63, 3.8) is 0 Å². The Balaban J connectivity index is 2.78. The van der Waals surface area contributed by atoms with Crippen molar-refractivity contribution < 1.29 is 25.9 Å². The van der Waals surface area contributed by atoms with Gasteiger partial charge in [-0.15, -0.1) is 0 Å². The van der Waals surface area contributed by atoms with Gasteiger partial charge >= 0.3 is 0 Å². The Morgan fingerprint density at radius 2 is 1.08 bits per heavy atom. The van der Waals surface area contributed by atoms with E-state index in [0.29, 0.717) is 0 Å². The van der Waals surface area contributed by atoms with Gasteiger partial charge in [-0.3, -0.25) is 9.11 Å². The fraction of sp³-hybridized carbons (Fsp3) is 0.250. The average Bonchev–Trinajstić information content (AvgIpc) is 2.43. The molecule has 0 aliphatic rings. The zero-order valence-electron chi connectivity index (χ0n) is 13.4. The topological polar surface area (TPSA) is 109 Å². The maximum Gasteiger partial charge on any atom is 0.294 e. The lowest BCUT2D eigenvalue weighted by Gasteiger charge is -2.19. The molecule has 2 aromatic carbocycles. The van der Waals surface area contributed by atoms with Crippen LogP contribution in [0.2, 0.25) is 0 Å². The van der Waals surface area contributed by atoms with Crippen LogP contribution in [0, 0.1) is 13.8 Å². The molecule has 6 nitrogen and oxygen atoms in total. The van der Waals surface area contributed by atoms with E-state index in [9.17, 15) is 25.9 Å². The Morgan fingerprint density at radius 3 is 1.38 bits per heavy atom. The van der Waals surface area contributed by atoms with Crippen LogP contribution in [0.15, 0.2) is 46.2 Å². The van der Waals surface area contributed by atoms with E-state index in [2.05, 4.69) is 0 Å². The third-order valence-electron chi connectivity index (χ3n) is 3.82. The SMILES string of the molecule is Cc1ccc(S(=O)(=O)O)c(C(C)c2cc(C)ccc2S(=O)(=O)O)c1. The minimum atomic E-state index is -4.47. The van der Waals surface area contributed by atoms with Gasteiger partial charge in [0.1, 0.15) is 0 Å². The molecule has 8 heteroatoms. The zero-order valence-corrected chi connectivity index (χ0v) is 15.0.